The van der Waals surface area contributed by atoms with E-state index in [1.807, 2.05) is 24.3 Å². The summed E-state index contributed by atoms with van der Waals surface area (Å²) in [6.07, 6.45) is 6.89. The topological polar surface area (TPSA) is 69.5 Å². The number of hydrogen-bond acceptors (Lipinski definition) is 3. The minimum atomic E-state index is -0.756. The van der Waals surface area contributed by atoms with Gasteiger partial charge in [0.1, 0.15) is 5.82 Å². The van der Waals surface area contributed by atoms with Crippen molar-refractivity contribution < 1.29 is 4.79 Å². The minimum Gasteiger partial charge on any atom is -0.340 e. The van der Waals surface area contributed by atoms with Crippen molar-refractivity contribution in [1.82, 2.24) is 9.97 Å². The summed E-state index contributed by atoms with van der Waals surface area (Å²) in [4.78, 5) is 21.2. The van der Waals surface area contributed by atoms with Crippen LogP contribution in [0, 0.1) is 34.5 Å². The van der Waals surface area contributed by atoms with E-state index < -0.39 is 5.92 Å². The fourth-order valence-electron chi connectivity index (χ4n) is 6.07. The number of carbonyl (C=O) groups excluding carboxylic acids is 1. The minimum absolute atomic E-state index is 0.128. The first kappa shape index (κ1) is 14.2. The van der Waals surface area contributed by atoms with Gasteiger partial charge in [-0.1, -0.05) is 12.1 Å². The third kappa shape index (κ3) is 1.97. The van der Waals surface area contributed by atoms with Crippen LogP contribution in [0.3, 0.4) is 0 Å². The average molecular weight is 319 g/mol. The van der Waals surface area contributed by atoms with Gasteiger partial charge in [0.15, 0.2) is 11.7 Å². The van der Waals surface area contributed by atoms with Gasteiger partial charge in [-0.05, 0) is 68.4 Å². The zero-order chi connectivity index (χ0) is 16.3. The van der Waals surface area contributed by atoms with Crippen LogP contribution in [0.15, 0.2) is 24.3 Å². The van der Waals surface area contributed by atoms with Gasteiger partial charge in [-0.25, -0.2) is 4.98 Å². The van der Waals surface area contributed by atoms with Crippen molar-refractivity contribution in [2.24, 2.45) is 23.2 Å². The molecule has 2 aromatic rings. The molecule has 1 aromatic carbocycles. The van der Waals surface area contributed by atoms with E-state index >= 15 is 0 Å². The SMILES string of the molecule is N#C[C@H](C(=O)C12CC3CC(CC(C3)C1)C2)c1nc2ccccc2[nH]1. The average Bonchev–Trinajstić information content (AvgIpc) is 2.97. The maximum atomic E-state index is 13.4. The molecule has 0 radical (unpaired) electrons. The summed E-state index contributed by atoms with van der Waals surface area (Å²) < 4.78 is 0. The predicted molar refractivity (Wildman–Crippen MR) is 90.1 cm³/mol. The molecule has 0 unspecified atom stereocenters. The lowest BCUT2D eigenvalue weighted by atomic mass is 9.47. The van der Waals surface area contributed by atoms with Crippen molar-refractivity contribution in [3.8, 4) is 6.07 Å². The van der Waals surface area contributed by atoms with Crippen molar-refractivity contribution in [2.45, 2.75) is 44.4 Å². The molecule has 1 aromatic heterocycles. The first-order valence-electron chi connectivity index (χ1n) is 9.05. The van der Waals surface area contributed by atoms with Gasteiger partial charge in [0.25, 0.3) is 0 Å². The summed E-state index contributed by atoms with van der Waals surface area (Å²) in [5, 5.41) is 9.75. The third-order valence-corrected chi connectivity index (χ3v) is 6.63. The number of hydrogen-bond donors (Lipinski definition) is 1. The Hall–Kier alpha value is -2.15. The third-order valence-electron chi connectivity index (χ3n) is 6.63. The molecular weight excluding hydrogens is 298 g/mol. The van der Waals surface area contributed by atoms with Crippen molar-refractivity contribution in [2.75, 3.05) is 0 Å². The van der Waals surface area contributed by atoms with Crippen LogP contribution in [0.25, 0.3) is 11.0 Å². The van der Waals surface area contributed by atoms with E-state index in [0.29, 0.717) is 23.6 Å². The Kier molecular flexibility index (Phi) is 2.92. The van der Waals surface area contributed by atoms with E-state index in [1.165, 1.54) is 19.3 Å². The number of aromatic nitrogens is 2. The van der Waals surface area contributed by atoms with Gasteiger partial charge < -0.3 is 4.98 Å². The number of ketones is 1. The van der Waals surface area contributed by atoms with E-state index in [0.717, 1.165) is 30.3 Å². The smallest absolute Gasteiger partial charge is 0.163 e. The highest BCUT2D eigenvalue weighted by atomic mass is 16.1. The molecule has 6 rings (SSSR count). The van der Waals surface area contributed by atoms with Gasteiger partial charge in [0.05, 0.1) is 17.1 Å². The van der Waals surface area contributed by atoms with E-state index in [4.69, 9.17) is 0 Å². The molecule has 24 heavy (non-hydrogen) atoms. The van der Waals surface area contributed by atoms with Crippen LogP contribution in [0.1, 0.15) is 50.3 Å². The number of para-hydroxylation sites is 2. The van der Waals surface area contributed by atoms with Crippen LogP contribution in [0.5, 0.6) is 0 Å². The van der Waals surface area contributed by atoms with Crippen molar-refractivity contribution in [3.05, 3.63) is 30.1 Å². The molecule has 4 nitrogen and oxygen atoms in total. The largest absolute Gasteiger partial charge is 0.340 e. The molecule has 4 fully saturated rings. The van der Waals surface area contributed by atoms with Crippen LogP contribution < -0.4 is 0 Å². The van der Waals surface area contributed by atoms with Crippen LogP contribution in [0.2, 0.25) is 0 Å². The number of nitrogens with one attached hydrogen (secondary N) is 1. The number of aromatic amines is 1. The number of fused-ring (bicyclic) bond motifs is 1. The number of rotatable bonds is 3. The Morgan fingerprint density at radius 1 is 1.17 bits per heavy atom. The highest BCUT2D eigenvalue weighted by Gasteiger charge is 2.56. The lowest BCUT2D eigenvalue weighted by molar-refractivity contribution is -0.144. The molecule has 4 heteroatoms. The summed E-state index contributed by atoms with van der Waals surface area (Å²) in [7, 11) is 0. The van der Waals surface area contributed by atoms with Crippen LogP contribution >= 0.6 is 0 Å². The molecule has 122 valence electrons. The first-order valence-corrected chi connectivity index (χ1v) is 9.05. The molecule has 1 atom stereocenters. The number of nitriles is 1. The number of H-pyrrole nitrogens is 1. The summed E-state index contributed by atoms with van der Waals surface area (Å²) in [5.41, 5.74) is 1.46. The van der Waals surface area contributed by atoms with Gasteiger partial charge in [-0.15, -0.1) is 0 Å². The van der Waals surface area contributed by atoms with Gasteiger partial charge in [-0.3, -0.25) is 4.79 Å². The Morgan fingerprint density at radius 3 is 2.38 bits per heavy atom. The Bertz CT molecular complexity index is 791. The molecule has 1 N–H and O–H groups in total. The molecule has 4 aliphatic carbocycles. The Labute approximate surface area is 141 Å². The van der Waals surface area contributed by atoms with Crippen LogP contribution in [0.4, 0.5) is 0 Å². The predicted octanol–water partition coefficient (Wildman–Crippen LogP) is 3.96. The van der Waals surface area contributed by atoms with Crippen LogP contribution in [-0.4, -0.2) is 15.8 Å². The van der Waals surface area contributed by atoms with E-state index in [-0.39, 0.29) is 11.2 Å². The second-order valence-electron chi connectivity index (χ2n) is 8.26. The second-order valence-corrected chi connectivity index (χ2v) is 8.26. The van der Waals surface area contributed by atoms with Crippen molar-refractivity contribution in [3.63, 3.8) is 0 Å². The summed E-state index contributed by atoms with van der Waals surface area (Å²) >= 11 is 0. The summed E-state index contributed by atoms with van der Waals surface area (Å²) in [5.74, 6) is 2.01. The molecule has 1 heterocycles. The van der Waals surface area contributed by atoms with Gasteiger partial charge in [0.2, 0.25) is 0 Å². The van der Waals surface area contributed by atoms with E-state index in [2.05, 4.69) is 16.0 Å². The highest BCUT2D eigenvalue weighted by molar-refractivity contribution is 5.93. The van der Waals surface area contributed by atoms with E-state index in [9.17, 15) is 10.1 Å². The number of benzene rings is 1. The molecule has 0 spiro atoms. The standard InChI is InChI=1S/C20H21N3O/c21-11-15(19-22-16-3-1-2-4-17(16)23-19)18(24)20-8-12-5-13(9-20)7-14(6-12)10-20/h1-4,12-15H,5-10H2,(H,22,23)/t12?,13?,14?,15-,20?/m1/s1. The Balaban J connectivity index is 1.51. The number of Topliss-reactive ketones (excluding diaryl/α,β-unsaturated/α-hetero) is 1. The quantitative estimate of drug-likeness (QED) is 0.931. The number of imidazole rings is 1. The molecule has 4 aliphatic rings. The van der Waals surface area contributed by atoms with Crippen molar-refractivity contribution >= 4 is 16.8 Å². The molecule has 4 saturated carbocycles. The highest BCUT2D eigenvalue weighted by Crippen LogP contribution is 2.61. The lowest BCUT2D eigenvalue weighted by Crippen LogP contribution is -2.51. The lowest BCUT2D eigenvalue weighted by Gasteiger charge is -2.56. The number of carbonyl (C=O) groups is 1. The van der Waals surface area contributed by atoms with Gasteiger partial charge in [-0.2, -0.15) is 5.26 Å². The maximum absolute atomic E-state index is 13.4. The molecule has 0 aliphatic heterocycles. The molecule has 4 bridgehead atoms. The van der Waals surface area contributed by atoms with Gasteiger partial charge >= 0.3 is 0 Å². The molecular formula is C20H21N3O. The monoisotopic (exact) mass is 319 g/mol. The van der Waals surface area contributed by atoms with Gasteiger partial charge in [0, 0.05) is 5.41 Å². The fraction of sp³-hybridized carbons (Fsp3) is 0.550. The zero-order valence-corrected chi connectivity index (χ0v) is 13.7. The summed E-state index contributed by atoms with van der Waals surface area (Å²) in [6.45, 7) is 0. The van der Waals surface area contributed by atoms with Crippen molar-refractivity contribution in [1.29, 1.82) is 5.26 Å². The maximum Gasteiger partial charge on any atom is 0.163 e. The number of nitrogens with zero attached hydrogens (tertiary/aromatic N) is 2. The summed E-state index contributed by atoms with van der Waals surface area (Å²) in [6, 6.07) is 9.98. The zero-order valence-electron chi connectivity index (χ0n) is 13.7. The van der Waals surface area contributed by atoms with E-state index in [1.54, 1.807) is 0 Å². The molecule has 0 saturated heterocycles. The Morgan fingerprint density at radius 2 is 1.79 bits per heavy atom. The fourth-order valence-corrected chi connectivity index (χ4v) is 6.07. The second kappa shape index (κ2) is 4.92. The first-order chi connectivity index (χ1) is 11.7. The molecule has 0 amide bonds. The normalized spacial score (nSPS) is 35.0. The van der Waals surface area contributed by atoms with Crippen LogP contribution in [-0.2, 0) is 4.79 Å².